The molecule has 0 spiro atoms. The first-order chi connectivity index (χ1) is 12.6. The lowest BCUT2D eigenvalue weighted by Gasteiger charge is -2.32. The molecule has 1 aromatic heterocycles. The number of hydrogen-bond donors (Lipinski definition) is 2. The predicted molar refractivity (Wildman–Crippen MR) is 94.4 cm³/mol. The summed E-state index contributed by atoms with van der Waals surface area (Å²) in [5, 5.41) is 18.7. The second-order valence-electron chi connectivity index (χ2n) is 7.17. The first kappa shape index (κ1) is 18.9. The lowest BCUT2D eigenvalue weighted by Crippen LogP contribution is -2.46. The van der Waals surface area contributed by atoms with Crippen molar-refractivity contribution in [3.8, 4) is 0 Å². The fraction of sp³-hybridized carbons (Fsp3) is 0.579. The van der Waals surface area contributed by atoms with Crippen LogP contribution >= 0.6 is 0 Å². The van der Waals surface area contributed by atoms with Crippen LogP contribution in [0.5, 0.6) is 0 Å². The molecule has 0 bridgehead atoms. The normalized spacial score (nSPS) is 18.9. The highest BCUT2D eigenvalue weighted by molar-refractivity contribution is 5.25. The summed E-state index contributed by atoms with van der Waals surface area (Å²) in [6, 6.07) is 3.57. The van der Waals surface area contributed by atoms with Crippen LogP contribution in [0.15, 0.2) is 30.9 Å². The monoisotopic (exact) mass is 364 g/mol. The lowest BCUT2D eigenvalue weighted by molar-refractivity contribution is 0.00876. The Hall–Kier alpha value is -1.86. The van der Waals surface area contributed by atoms with E-state index in [9.17, 15) is 13.9 Å². The number of halogens is 2. The first-order valence-corrected chi connectivity index (χ1v) is 9.30. The van der Waals surface area contributed by atoms with Crippen LogP contribution in [0, 0.1) is 11.6 Å². The van der Waals surface area contributed by atoms with Gasteiger partial charge in [-0.3, -0.25) is 0 Å². The zero-order valence-corrected chi connectivity index (χ0v) is 14.9. The van der Waals surface area contributed by atoms with E-state index in [1.807, 2.05) is 0 Å². The molecular weight excluding hydrogens is 338 g/mol. The average Bonchev–Trinajstić information content (AvgIpc) is 3.06. The molecule has 1 aliphatic rings. The van der Waals surface area contributed by atoms with Gasteiger partial charge in [-0.05, 0) is 18.9 Å². The maximum absolute atomic E-state index is 14.4. The summed E-state index contributed by atoms with van der Waals surface area (Å²) < 4.78 is 29.2. The Bertz CT molecular complexity index is 687. The van der Waals surface area contributed by atoms with Gasteiger partial charge in [-0.1, -0.05) is 38.2 Å². The Labute approximate surface area is 152 Å². The zero-order chi connectivity index (χ0) is 18.4. The van der Waals surface area contributed by atoms with Crippen molar-refractivity contribution in [2.75, 3.05) is 6.54 Å². The Balaban J connectivity index is 1.78. The minimum absolute atomic E-state index is 0.0370. The molecule has 1 unspecified atom stereocenters. The molecule has 1 heterocycles. The predicted octanol–water partition coefficient (Wildman–Crippen LogP) is 3.15. The van der Waals surface area contributed by atoms with Gasteiger partial charge >= 0.3 is 0 Å². The van der Waals surface area contributed by atoms with Crippen LogP contribution in [0.1, 0.15) is 50.5 Å². The summed E-state index contributed by atoms with van der Waals surface area (Å²) >= 11 is 0. The number of benzene rings is 1. The summed E-state index contributed by atoms with van der Waals surface area (Å²) in [7, 11) is 0. The molecule has 1 aliphatic carbocycles. The van der Waals surface area contributed by atoms with Gasteiger partial charge < -0.3 is 10.4 Å². The molecule has 1 atom stereocenters. The van der Waals surface area contributed by atoms with Crippen molar-refractivity contribution in [3.05, 3.63) is 48.1 Å². The number of nitrogens with one attached hydrogen (secondary N) is 1. The van der Waals surface area contributed by atoms with E-state index in [2.05, 4.69) is 15.4 Å². The van der Waals surface area contributed by atoms with E-state index < -0.39 is 17.2 Å². The molecule has 142 valence electrons. The molecule has 0 amide bonds. The van der Waals surface area contributed by atoms with Crippen LogP contribution in [0.3, 0.4) is 0 Å². The van der Waals surface area contributed by atoms with Crippen molar-refractivity contribution >= 4 is 0 Å². The van der Waals surface area contributed by atoms with Crippen molar-refractivity contribution in [2.24, 2.45) is 0 Å². The van der Waals surface area contributed by atoms with Gasteiger partial charge in [0, 0.05) is 24.2 Å². The molecule has 2 aromatic rings. The van der Waals surface area contributed by atoms with Gasteiger partial charge in [0.25, 0.3) is 0 Å². The van der Waals surface area contributed by atoms with Crippen LogP contribution in [0.4, 0.5) is 8.78 Å². The molecule has 7 heteroatoms. The molecule has 1 saturated carbocycles. The first-order valence-electron chi connectivity index (χ1n) is 9.30. The maximum atomic E-state index is 14.4. The molecule has 0 aliphatic heterocycles. The molecule has 3 rings (SSSR count). The third-order valence-corrected chi connectivity index (χ3v) is 5.11. The van der Waals surface area contributed by atoms with Crippen LogP contribution in [0.25, 0.3) is 0 Å². The summed E-state index contributed by atoms with van der Waals surface area (Å²) in [5.41, 5.74) is -1.49. The van der Waals surface area contributed by atoms with Gasteiger partial charge in [0.05, 0.1) is 6.54 Å². The van der Waals surface area contributed by atoms with Crippen molar-refractivity contribution in [1.82, 2.24) is 20.1 Å². The molecule has 2 N–H and O–H groups in total. The van der Waals surface area contributed by atoms with Gasteiger partial charge in [0.15, 0.2) is 0 Å². The van der Waals surface area contributed by atoms with Crippen LogP contribution < -0.4 is 5.32 Å². The topological polar surface area (TPSA) is 63.0 Å². The number of rotatable bonds is 6. The molecule has 1 aromatic carbocycles. The van der Waals surface area contributed by atoms with Crippen LogP contribution in [0.2, 0.25) is 0 Å². The van der Waals surface area contributed by atoms with Crippen molar-refractivity contribution in [1.29, 1.82) is 0 Å². The Morgan fingerprint density at radius 2 is 1.88 bits per heavy atom. The lowest BCUT2D eigenvalue weighted by atomic mass is 9.91. The van der Waals surface area contributed by atoms with Crippen LogP contribution in [-0.4, -0.2) is 32.5 Å². The van der Waals surface area contributed by atoms with Crippen molar-refractivity contribution in [3.63, 3.8) is 0 Å². The molecule has 1 fully saturated rings. The van der Waals surface area contributed by atoms with E-state index in [4.69, 9.17) is 0 Å². The number of nitrogens with zero attached hydrogens (tertiary/aromatic N) is 3. The SMILES string of the molecule is OC(CNC1CCCCCCC1)(Cn1cncn1)c1ccc(F)cc1F. The largest absolute Gasteiger partial charge is 0.382 e. The Morgan fingerprint density at radius 1 is 1.15 bits per heavy atom. The fourth-order valence-electron chi connectivity index (χ4n) is 3.66. The number of aromatic nitrogens is 3. The third kappa shape index (κ3) is 4.86. The van der Waals surface area contributed by atoms with E-state index in [1.54, 1.807) is 0 Å². The molecule has 0 saturated heterocycles. The summed E-state index contributed by atoms with van der Waals surface area (Å²) in [4.78, 5) is 3.88. The molecule has 26 heavy (non-hydrogen) atoms. The highest BCUT2D eigenvalue weighted by Gasteiger charge is 2.34. The highest BCUT2D eigenvalue weighted by atomic mass is 19.1. The van der Waals surface area contributed by atoms with Gasteiger partial charge in [0.1, 0.15) is 29.9 Å². The van der Waals surface area contributed by atoms with E-state index >= 15 is 0 Å². The second-order valence-corrected chi connectivity index (χ2v) is 7.17. The fourth-order valence-corrected chi connectivity index (χ4v) is 3.66. The summed E-state index contributed by atoms with van der Waals surface area (Å²) in [6.07, 6.45) is 11.0. The average molecular weight is 364 g/mol. The van der Waals surface area contributed by atoms with E-state index in [1.165, 1.54) is 48.7 Å². The van der Waals surface area contributed by atoms with Gasteiger partial charge in [-0.15, -0.1) is 0 Å². The minimum atomic E-state index is -1.55. The smallest absolute Gasteiger partial charge is 0.137 e. The molecule has 5 nitrogen and oxygen atoms in total. The molecule has 0 radical (unpaired) electrons. The third-order valence-electron chi connectivity index (χ3n) is 5.11. The van der Waals surface area contributed by atoms with Gasteiger partial charge in [-0.2, -0.15) is 5.10 Å². The van der Waals surface area contributed by atoms with E-state index in [-0.39, 0.29) is 18.7 Å². The number of aliphatic hydroxyl groups is 1. The quantitative estimate of drug-likeness (QED) is 0.827. The zero-order valence-electron chi connectivity index (χ0n) is 14.9. The Kier molecular flexibility index (Phi) is 6.32. The van der Waals surface area contributed by atoms with Crippen molar-refractivity contribution < 1.29 is 13.9 Å². The summed E-state index contributed by atoms with van der Waals surface area (Å²) in [6.45, 7) is 0.204. The highest BCUT2D eigenvalue weighted by Crippen LogP contribution is 2.27. The van der Waals surface area contributed by atoms with Crippen molar-refractivity contribution in [2.45, 2.75) is 63.1 Å². The number of hydrogen-bond acceptors (Lipinski definition) is 4. The standard InChI is InChI=1S/C19H26F2N4O/c20-15-8-9-17(18(21)10-15)19(26,12-25-14-22-13-24-25)11-23-16-6-4-2-1-3-5-7-16/h8-10,13-14,16,23,26H,1-7,11-12H2. The summed E-state index contributed by atoms with van der Waals surface area (Å²) in [5.74, 6) is -1.42. The minimum Gasteiger partial charge on any atom is -0.382 e. The van der Waals surface area contributed by atoms with E-state index in [0.717, 1.165) is 31.7 Å². The van der Waals surface area contributed by atoms with Gasteiger partial charge in [0.2, 0.25) is 0 Å². The van der Waals surface area contributed by atoms with Gasteiger partial charge in [-0.25, -0.2) is 18.4 Å². The molecular formula is C19H26F2N4O. The van der Waals surface area contributed by atoms with E-state index in [0.29, 0.717) is 6.04 Å². The Morgan fingerprint density at radius 3 is 2.54 bits per heavy atom. The maximum Gasteiger partial charge on any atom is 0.137 e. The second kappa shape index (κ2) is 8.68. The van der Waals surface area contributed by atoms with Crippen LogP contribution in [-0.2, 0) is 12.1 Å².